The molecule has 1 fully saturated rings. The second kappa shape index (κ2) is 9.65. The van der Waals surface area contributed by atoms with Crippen molar-refractivity contribution in [1.82, 2.24) is 19.7 Å². The highest BCUT2D eigenvalue weighted by atomic mass is 32.1. The fraction of sp³-hybridized carbons (Fsp3) is 0.476. The number of nitrogens with zero attached hydrogens (tertiary/aromatic N) is 5. The van der Waals surface area contributed by atoms with Gasteiger partial charge in [0.15, 0.2) is 5.13 Å². The molecular formula is C21H24F3N5O3S. The number of alkyl halides is 3. The summed E-state index contributed by atoms with van der Waals surface area (Å²) in [6.45, 7) is 8.06. The van der Waals surface area contributed by atoms with Gasteiger partial charge in [-0.05, 0) is 32.0 Å². The van der Waals surface area contributed by atoms with E-state index < -0.39 is 6.36 Å². The second-order valence-corrected chi connectivity index (χ2v) is 8.58. The normalized spacial score (nSPS) is 15.2. The van der Waals surface area contributed by atoms with Crippen LogP contribution in [0.15, 0.2) is 24.3 Å². The number of halogens is 3. The van der Waals surface area contributed by atoms with Gasteiger partial charge in [0, 0.05) is 38.8 Å². The van der Waals surface area contributed by atoms with Crippen LogP contribution in [0.4, 0.5) is 18.3 Å². The fourth-order valence-corrected chi connectivity index (χ4v) is 4.67. The third-order valence-electron chi connectivity index (χ3n) is 5.22. The number of aryl methyl sites for hydroxylation is 2. The molecule has 33 heavy (non-hydrogen) atoms. The SMILES string of the molecule is CCn1nc(C)cc1C(=O)N(CCN1CCOCC1)c1nc2ccc(OC(F)(F)F)cc2s1. The Balaban J connectivity index is 1.65. The Kier molecular flexibility index (Phi) is 6.86. The number of ether oxygens (including phenoxy) is 2. The Morgan fingerprint density at radius 3 is 2.73 bits per heavy atom. The molecule has 3 aromatic rings. The number of benzene rings is 1. The van der Waals surface area contributed by atoms with E-state index in [1.165, 1.54) is 18.2 Å². The molecule has 12 heteroatoms. The smallest absolute Gasteiger partial charge is 0.406 e. The second-order valence-electron chi connectivity index (χ2n) is 7.57. The number of fused-ring (bicyclic) bond motifs is 1. The lowest BCUT2D eigenvalue weighted by atomic mass is 10.3. The average molecular weight is 484 g/mol. The zero-order valence-electron chi connectivity index (χ0n) is 18.3. The van der Waals surface area contributed by atoms with Gasteiger partial charge in [0.05, 0.1) is 29.1 Å². The van der Waals surface area contributed by atoms with E-state index in [2.05, 4.69) is 19.7 Å². The van der Waals surface area contributed by atoms with Crippen molar-refractivity contribution in [3.8, 4) is 5.75 Å². The van der Waals surface area contributed by atoms with Crippen LogP contribution < -0.4 is 9.64 Å². The summed E-state index contributed by atoms with van der Waals surface area (Å²) in [4.78, 5) is 21.9. The molecule has 0 bridgehead atoms. The Morgan fingerprint density at radius 1 is 1.27 bits per heavy atom. The Hall–Kier alpha value is -2.70. The van der Waals surface area contributed by atoms with Gasteiger partial charge in [0.1, 0.15) is 11.4 Å². The summed E-state index contributed by atoms with van der Waals surface area (Å²) >= 11 is 1.15. The van der Waals surface area contributed by atoms with Gasteiger partial charge in [0.25, 0.3) is 5.91 Å². The number of anilines is 1. The van der Waals surface area contributed by atoms with Crippen LogP contribution in [0, 0.1) is 6.92 Å². The minimum absolute atomic E-state index is 0.253. The maximum absolute atomic E-state index is 13.6. The molecule has 0 aliphatic carbocycles. The molecular weight excluding hydrogens is 459 g/mol. The van der Waals surface area contributed by atoms with Crippen molar-refractivity contribution in [2.24, 2.45) is 0 Å². The molecule has 1 saturated heterocycles. The van der Waals surface area contributed by atoms with Crippen LogP contribution >= 0.6 is 11.3 Å². The number of morpholine rings is 1. The molecule has 1 aliphatic heterocycles. The first-order valence-corrected chi connectivity index (χ1v) is 11.4. The van der Waals surface area contributed by atoms with Gasteiger partial charge in [-0.15, -0.1) is 13.2 Å². The zero-order valence-corrected chi connectivity index (χ0v) is 19.1. The third-order valence-corrected chi connectivity index (χ3v) is 6.26. The monoisotopic (exact) mass is 483 g/mol. The Bertz CT molecular complexity index is 1120. The van der Waals surface area contributed by atoms with Crippen LogP contribution in [0.25, 0.3) is 10.2 Å². The van der Waals surface area contributed by atoms with Crippen LogP contribution in [0.3, 0.4) is 0 Å². The molecule has 0 unspecified atom stereocenters. The lowest BCUT2D eigenvalue weighted by Crippen LogP contribution is -2.43. The van der Waals surface area contributed by atoms with Crippen molar-refractivity contribution < 1.29 is 27.4 Å². The summed E-state index contributed by atoms with van der Waals surface area (Å²) in [5.41, 5.74) is 1.66. The molecule has 3 heterocycles. The van der Waals surface area contributed by atoms with Gasteiger partial charge >= 0.3 is 6.36 Å². The summed E-state index contributed by atoms with van der Waals surface area (Å²) in [5.74, 6) is -0.576. The largest absolute Gasteiger partial charge is 0.573 e. The van der Waals surface area contributed by atoms with E-state index in [-0.39, 0.29) is 11.7 Å². The lowest BCUT2D eigenvalue weighted by Gasteiger charge is -2.29. The van der Waals surface area contributed by atoms with E-state index in [0.717, 1.165) is 30.1 Å². The number of thiazole rings is 1. The molecule has 4 rings (SSSR count). The number of carbonyl (C=O) groups is 1. The fourth-order valence-electron chi connectivity index (χ4n) is 3.65. The topological polar surface area (TPSA) is 72.7 Å². The van der Waals surface area contributed by atoms with Crippen LogP contribution in [-0.4, -0.2) is 71.3 Å². The van der Waals surface area contributed by atoms with Crippen LogP contribution in [0.5, 0.6) is 5.75 Å². The predicted octanol–water partition coefficient (Wildman–Crippen LogP) is 3.70. The van der Waals surface area contributed by atoms with Crippen molar-refractivity contribution in [3.05, 3.63) is 35.7 Å². The quantitative estimate of drug-likeness (QED) is 0.510. The summed E-state index contributed by atoms with van der Waals surface area (Å²) in [5, 5.41) is 4.78. The summed E-state index contributed by atoms with van der Waals surface area (Å²) < 4.78 is 49.4. The van der Waals surface area contributed by atoms with Gasteiger partial charge in [-0.2, -0.15) is 5.10 Å². The highest BCUT2D eigenvalue weighted by molar-refractivity contribution is 7.22. The van der Waals surface area contributed by atoms with E-state index in [1.807, 2.05) is 13.8 Å². The standard InChI is InChI=1S/C21H24F3N5O3S/c1-3-29-17(12-14(2)26-29)19(30)28(7-6-27-8-10-31-11-9-27)20-25-16-5-4-15(13-18(16)33-20)32-21(22,23)24/h4-5,12-13H,3,6-11H2,1-2H3. The van der Waals surface area contributed by atoms with E-state index in [9.17, 15) is 18.0 Å². The van der Waals surface area contributed by atoms with E-state index in [1.54, 1.807) is 15.6 Å². The highest BCUT2D eigenvalue weighted by Crippen LogP contribution is 2.34. The molecule has 0 atom stereocenters. The number of amides is 1. The number of carbonyl (C=O) groups excluding carboxylic acids is 1. The zero-order chi connectivity index (χ0) is 23.6. The van der Waals surface area contributed by atoms with Crippen molar-refractivity contribution in [3.63, 3.8) is 0 Å². The summed E-state index contributed by atoms with van der Waals surface area (Å²) in [6, 6.07) is 5.70. The van der Waals surface area contributed by atoms with Crippen LogP contribution in [0.2, 0.25) is 0 Å². The molecule has 1 aliphatic rings. The average Bonchev–Trinajstić information content (AvgIpc) is 3.36. The molecule has 1 amide bonds. The summed E-state index contributed by atoms with van der Waals surface area (Å²) in [6.07, 6.45) is -4.78. The van der Waals surface area contributed by atoms with Crippen molar-refractivity contribution in [1.29, 1.82) is 0 Å². The van der Waals surface area contributed by atoms with E-state index in [4.69, 9.17) is 4.74 Å². The van der Waals surface area contributed by atoms with Crippen molar-refractivity contribution in [2.45, 2.75) is 26.8 Å². The van der Waals surface area contributed by atoms with Crippen molar-refractivity contribution in [2.75, 3.05) is 44.3 Å². The number of rotatable bonds is 7. The molecule has 0 radical (unpaired) electrons. The first-order valence-electron chi connectivity index (χ1n) is 10.6. The van der Waals surface area contributed by atoms with Gasteiger partial charge in [-0.1, -0.05) is 11.3 Å². The minimum atomic E-state index is -4.78. The van der Waals surface area contributed by atoms with Crippen LogP contribution in [0.1, 0.15) is 23.1 Å². The molecule has 0 N–H and O–H groups in total. The molecule has 0 spiro atoms. The highest BCUT2D eigenvalue weighted by Gasteiger charge is 2.31. The first-order chi connectivity index (χ1) is 15.7. The number of aromatic nitrogens is 3. The molecule has 8 nitrogen and oxygen atoms in total. The van der Waals surface area contributed by atoms with Crippen LogP contribution in [-0.2, 0) is 11.3 Å². The Labute approximate surface area is 192 Å². The third kappa shape index (κ3) is 5.63. The molecule has 178 valence electrons. The number of hydrogen-bond donors (Lipinski definition) is 0. The molecule has 0 saturated carbocycles. The first kappa shape index (κ1) is 23.5. The Morgan fingerprint density at radius 2 is 2.03 bits per heavy atom. The van der Waals surface area contributed by atoms with Gasteiger partial charge < -0.3 is 9.47 Å². The predicted molar refractivity (Wildman–Crippen MR) is 118 cm³/mol. The van der Waals surface area contributed by atoms with Crippen molar-refractivity contribution >= 4 is 32.6 Å². The number of hydrogen-bond acceptors (Lipinski definition) is 7. The van der Waals surface area contributed by atoms with E-state index >= 15 is 0 Å². The van der Waals surface area contributed by atoms with Gasteiger partial charge in [0.2, 0.25) is 0 Å². The van der Waals surface area contributed by atoms with Gasteiger partial charge in [-0.3, -0.25) is 19.3 Å². The van der Waals surface area contributed by atoms with Gasteiger partial charge in [-0.25, -0.2) is 4.98 Å². The maximum Gasteiger partial charge on any atom is 0.573 e. The minimum Gasteiger partial charge on any atom is -0.406 e. The van der Waals surface area contributed by atoms with E-state index in [0.29, 0.717) is 53.9 Å². The lowest BCUT2D eigenvalue weighted by molar-refractivity contribution is -0.274. The molecule has 1 aromatic carbocycles. The molecule has 2 aromatic heterocycles. The maximum atomic E-state index is 13.6. The summed E-state index contributed by atoms with van der Waals surface area (Å²) in [7, 11) is 0.